The predicted molar refractivity (Wildman–Crippen MR) is 187 cm³/mol. The van der Waals surface area contributed by atoms with Crippen LogP contribution in [0.5, 0.6) is 5.75 Å². The molecule has 5 rings (SSSR count). The zero-order valence-electron chi connectivity index (χ0n) is 27.4. The number of pyridine rings is 1. The van der Waals surface area contributed by atoms with Gasteiger partial charge in [0.15, 0.2) is 0 Å². The highest BCUT2D eigenvalue weighted by molar-refractivity contribution is 7.99. The van der Waals surface area contributed by atoms with Gasteiger partial charge < -0.3 is 34.4 Å². The summed E-state index contributed by atoms with van der Waals surface area (Å²) in [5.74, 6) is 1.32. The van der Waals surface area contributed by atoms with Gasteiger partial charge in [0.25, 0.3) is 5.91 Å². The summed E-state index contributed by atoms with van der Waals surface area (Å²) in [6, 6.07) is 16.2. The number of carbonyl (C=O) groups is 1. The number of hydrogen-bond donors (Lipinski definition) is 3. The smallest absolute Gasteiger partial charge is 0.251 e. The fourth-order valence-electron chi connectivity index (χ4n) is 5.62. The number of ether oxygens (including phenoxy) is 3. The maximum Gasteiger partial charge on any atom is 0.251 e. The van der Waals surface area contributed by atoms with Crippen molar-refractivity contribution in [2.24, 2.45) is 0 Å². The lowest BCUT2D eigenvalue weighted by molar-refractivity contribution is -0.141. The molecule has 2 fully saturated rings. The van der Waals surface area contributed by atoms with Gasteiger partial charge >= 0.3 is 0 Å². The molecule has 0 spiro atoms. The van der Waals surface area contributed by atoms with Crippen LogP contribution < -0.4 is 4.74 Å². The molecule has 0 saturated heterocycles. The number of aromatic nitrogens is 1. The first-order valence-corrected chi connectivity index (χ1v) is 18.3. The molecule has 0 aliphatic heterocycles. The summed E-state index contributed by atoms with van der Waals surface area (Å²) < 4.78 is 18.3. The maximum absolute atomic E-state index is 12.9. The Balaban J connectivity index is 1.17. The summed E-state index contributed by atoms with van der Waals surface area (Å²) in [6.45, 7) is 1.61. The highest BCUT2D eigenvalue weighted by Crippen LogP contribution is 2.53. The molecule has 0 bridgehead atoms. The van der Waals surface area contributed by atoms with E-state index in [9.17, 15) is 9.90 Å². The SMILES string of the molecule is O=C(C(O)CCCCO)N(CCCSc1ccc(Cl)c(COC2(c3cnccc3-c3ccccc3OC3CC3)CC2)c1)CCOCCO. The van der Waals surface area contributed by atoms with Crippen LogP contribution in [0.1, 0.15) is 62.5 Å². The van der Waals surface area contributed by atoms with E-state index in [4.69, 9.17) is 36.0 Å². The molecule has 1 atom stereocenters. The highest BCUT2D eigenvalue weighted by atomic mass is 35.5. The van der Waals surface area contributed by atoms with Gasteiger partial charge in [0.2, 0.25) is 0 Å². The van der Waals surface area contributed by atoms with Crippen molar-refractivity contribution >= 4 is 29.3 Å². The Morgan fingerprint density at radius 3 is 2.62 bits per heavy atom. The van der Waals surface area contributed by atoms with Crippen molar-refractivity contribution in [1.82, 2.24) is 9.88 Å². The number of aliphatic hydroxyl groups excluding tert-OH is 3. The molecular weight excluding hydrogens is 652 g/mol. The monoisotopic (exact) mass is 698 g/mol. The average Bonchev–Trinajstić information content (AvgIpc) is 4.05. The molecule has 9 nitrogen and oxygen atoms in total. The van der Waals surface area contributed by atoms with E-state index in [1.54, 1.807) is 16.7 Å². The van der Waals surface area contributed by atoms with Crippen molar-refractivity contribution in [3.63, 3.8) is 0 Å². The molecular formula is C37H47ClN2O7S. The lowest BCUT2D eigenvalue weighted by Crippen LogP contribution is -2.42. The molecule has 3 aromatic rings. The number of benzene rings is 2. The van der Waals surface area contributed by atoms with Crippen LogP contribution in [-0.4, -0.2) is 88.6 Å². The van der Waals surface area contributed by atoms with Crippen LogP contribution in [0.4, 0.5) is 0 Å². The van der Waals surface area contributed by atoms with Gasteiger partial charge in [-0.1, -0.05) is 29.8 Å². The van der Waals surface area contributed by atoms with Crippen LogP contribution in [0.25, 0.3) is 11.1 Å². The number of rotatable bonds is 22. The second-order valence-electron chi connectivity index (χ2n) is 12.4. The molecule has 0 radical (unpaired) electrons. The fraction of sp³-hybridized carbons (Fsp3) is 0.514. The Labute approximate surface area is 292 Å². The second kappa shape index (κ2) is 18.3. The zero-order valence-corrected chi connectivity index (χ0v) is 29.0. The predicted octanol–water partition coefficient (Wildman–Crippen LogP) is 5.99. The Morgan fingerprint density at radius 2 is 1.85 bits per heavy atom. The minimum Gasteiger partial charge on any atom is -0.490 e. The van der Waals surface area contributed by atoms with E-state index >= 15 is 0 Å². The Kier molecular flexibility index (Phi) is 14.0. The maximum atomic E-state index is 12.9. The normalized spacial score (nSPS) is 15.7. The van der Waals surface area contributed by atoms with Crippen molar-refractivity contribution in [2.45, 2.75) is 80.7 Å². The van der Waals surface area contributed by atoms with E-state index in [-0.39, 0.29) is 32.3 Å². The van der Waals surface area contributed by atoms with Gasteiger partial charge in [-0.05, 0) is 98.6 Å². The number of unbranched alkanes of at least 4 members (excludes halogenated alkanes) is 1. The molecule has 1 amide bonds. The molecule has 1 unspecified atom stereocenters. The van der Waals surface area contributed by atoms with Gasteiger partial charge in [-0.3, -0.25) is 9.78 Å². The Morgan fingerprint density at radius 1 is 1.02 bits per heavy atom. The van der Waals surface area contributed by atoms with Crippen molar-refractivity contribution in [3.8, 4) is 16.9 Å². The third-order valence-corrected chi connectivity index (χ3v) is 10.0. The van der Waals surface area contributed by atoms with Crippen LogP contribution in [0.3, 0.4) is 0 Å². The molecule has 3 N–H and O–H groups in total. The van der Waals surface area contributed by atoms with Gasteiger partial charge in [0, 0.05) is 53.1 Å². The van der Waals surface area contributed by atoms with E-state index in [1.165, 1.54) is 0 Å². The zero-order chi connectivity index (χ0) is 33.8. The standard InChI is InChI=1S/C37H47ClN2O7S/c38-33-12-11-29(48-23-5-17-40(18-21-45-22-20-42)36(44)34(43)7-3-4-19-41)24-27(33)26-46-37(14-15-37)32-25-39-16-13-30(32)31-6-1-2-8-35(31)47-28-9-10-28/h1-2,6,8,11-13,16,24-25,28,34,41-43H,3-5,7,9-10,14-15,17-23,26H2. The molecule has 1 aromatic heterocycles. The summed E-state index contributed by atoms with van der Waals surface area (Å²) >= 11 is 8.33. The van der Waals surface area contributed by atoms with Crippen molar-refractivity contribution < 1.29 is 34.3 Å². The van der Waals surface area contributed by atoms with E-state index in [1.807, 2.05) is 48.8 Å². The van der Waals surface area contributed by atoms with E-state index in [0.29, 0.717) is 56.5 Å². The number of thioether (sulfide) groups is 1. The van der Waals surface area contributed by atoms with Gasteiger partial charge in [-0.15, -0.1) is 11.8 Å². The van der Waals surface area contributed by atoms with Gasteiger partial charge in [0.05, 0.1) is 38.1 Å². The van der Waals surface area contributed by atoms with Crippen molar-refractivity contribution in [1.29, 1.82) is 0 Å². The van der Waals surface area contributed by atoms with Crippen molar-refractivity contribution in [2.75, 3.05) is 45.3 Å². The quantitative estimate of drug-likeness (QED) is 0.0858. The highest BCUT2D eigenvalue weighted by Gasteiger charge is 2.47. The summed E-state index contributed by atoms with van der Waals surface area (Å²) in [4.78, 5) is 20.1. The van der Waals surface area contributed by atoms with Crippen LogP contribution >= 0.6 is 23.4 Å². The van der Waals surface area contributed by atoms with Crippen molar-refractivity contribution in [3.05, 3.63) is 77.1 Å². The van der Waals surface area contributed by atoms with E-state index in [2.05, 4.69) is 17.1 Å². The molecule has 11 heteroatoms. The summed E-state index contributed by atoms with van der Waals surface area (Å²) in [6.07, 6.45) is 9.08. The van der Waals surface area contributed by atoms with Gasteiger partial charge in [0.1, 0.15) is 11.9 Å². The number of amides is 1. The number of para-hydroxylation sites is 1. The number of halogens is 1. The Hall–Kier alpha value is -2.70. The van der Waals surface area contributed by atoms with Crippen LogP contribution in [0, 0.1) is 0 Å². The molecule has 2 aromatic carbocycles. The molecule has 48 heavy (non-hydrogen) atoms. The first-order valence-electron chi connectivity index (χ1n) is 17.0. The lowest BCUT2D eigenvalue weighted by Gasteiger charge is -2.25. The number of nitrogens with zero attached hydrogens (tertiary/aromatic N) is 2. The second-order valence-corrected chi connectivity index (χ2v) is 13.9. The number of aliphatic hydroxyl groups is 3. The summed E-state index contributed by atoms with van der Waals surface area (Å²) in [7, 11) is 0. The molecule has 2 aliphatic carbocycles. The van der Waals surface area contributed by atoms with Gasteiger partial charge in [-0.25, -0.2) is 0 Å². The number of hydrogen-bond acceptors (Lipinski definition) is 9. The van der Waals surface area contributed by atoms with Crippen LogP contribution in [-0.2, 0) is 26.5 Å². The average molecular weight is 699 g/mol. The van der Waals surface area contributed by atoms with Crippen LogP contribution in [0.2, 0.25) is 5.02 Å². The fourth-order valence-corrected chi connectivity index (χ4v) is 6.70. The molecule has 1 heterocycles. The molecule has 260 valence electrons. The minimum absolute atomic E-state index is 0.0346. The van der Waals surface area contributed by atoms with Gasteiger partial charge in [-0.2, -0.15) is 0 Å². The van der Waals surface area contributed by atoms with E-state index in [0.717, 1.165) is 64.3 Å². The molecule has 2 saturated carbocycles. The summed E-state index contributed by atoms with van der Waals surface area (Å²) in [5.41, 5.74) is 3.70. The van der Waals surface area contributed by atoms with Crippen LogP contribution in [0.15, 0.2) is 65.8 Å². The third kappa shape index (κ3) is 10.4. The van der Waals surface area contributed by atoms with E-state index < -0.39 is 11.7 Å². The number of carbonyl (C=O) groups excluding carboxylic acids is 1. The lowest BCUT2D eigenvalue weighted by atomic mass is 9.96. The minimum atomic E-state index is -1.11. The largest absolute Gasteiger partial charge is 0.490 e. The molecule has 2 aliphatic rings. The summed E-state index contributed by atoms with van der Waals surface area (Å²) in [5, 5.41) is 29.1. The third-order valence-electron chi connectivity index (χ3n) is 8.60. The first-order chi connectivity index (χ1) is 23.4. The first kappa shape index (κ1) is 36.6. The topological polar surface area (TPSA) is 122 Å². The Bertz CT molecular complexity index is 1470.